The Labute approximate surface area is 168 Å². The van der Waals surface area contributed by atoms with Gasteiger partial charge in [-0.1, -0.05) is 65.7 Å². The minimum Gasteiger partial charge on any atom is -0.260 e. The predicted molar refractivity (Wildman–Crippen MR) is 117 cm³/mol. The average Bonchev–Trinajstić information content (AvgIpc) is 2.72. The summed E-state index contributed by atoms with van der Waals surface area (Å²) in [4.78, 5) is 9.38. The van der Waals surface area contributed by atoms with E-state index in [0.29, 0.717) is 16.7 Å². The summed E-state index contributed by atoms with van der Waals surface area (Å²) in [5, 5.41) is 6.06. The number of hydrogen-bond donors (Lipinski definition) is 1. The normalized spacial score (nSPS) is 11.6. The number of anilines is 1. The number of rotatable bonds is 4. The van der Waals surface area contributed by atoms with E-state index in [1.54, 1.807) is 0 Å². The van der Waals surface area contributed by atoms with E-state index in [-0.39, 0.29) is 0 Å². The number of benzene rings is 3. The van der Waals surface area contributed by atoms with Gasteiger partial charge in [0.2, 0.25) is 0 Å². The van der Waals surface area contributed by atoms with Crippen molar-refractivity contribution >= 4 is 34.0 Å². The molecule has 0 aliphatic heterocycles. The Hall–Kier alpha value is -3.24. The summed E-state index contributed by atoms with van der Waals surface area (Å²) in [5.41, 5.74) is 7.90. The van der Waals surface area contributed by atoms with Crippen molar-refractivity contribution in [2.24, 2.45) is 5.10 Å². The van der Waals surface area contributed by atoms with Crippen LogP contribution in [-0.2, 0) is 0 Å². The molecule has 4 aromatic rings. The van der Waals surface area contributed by atoms with E-state index in [1.165, 1.54) is 5.56 Å². The van der Waals surface area contributed by atoms with Crippen LogP contribution in [0.2, 0.25) is 5.02 Å². The number of nitrogens with zero attached hydrogens (tertiary/aromatic N) is 3. The maximum absolute atomic E-state index is 6.35. The molecule has 0 aliphatic rings. The largest absolute Gasteiger partial charge is 0.260 e. The molecule has 138 valence electrons. The van der Waals surface area contributed by atoms with Crippen molar-refractivity contribution in [3.8, 4) is 11.4 Å². The van der Waals surface area contributed by atoms with Gasteiger partial charge in [-0.15, -0.1) is 0 Å². The maximum atomic E-state index is 6.35. The first-order valence-corrected chi connectivity index (χ1v) is 9.38. The van der Waals surface area contributed by atoms with E-state index < -0.39 is 0 Å². The number of hydrogen-bond acceptors (Lipinski definition) is 4. The van der Waals surface area contributed by atoms with Crippen molar-refractivity contribution in [3.05, 3.63) is 88.9 Å². The fourth-order valence-corrected chi connectivity index (χ4v) is 3.14. The van der Waals surface area contributed by atoms with Gasteiger partial charge in [0, 0.05) is 10.9 Å². The Morgan fingerprint density at radius 2 is 1.61 bits per heavy atom. The molecule has 28 heavy (non-hydrogen) atoms. The zero-order valence-electron chi connectivity index (χ0n) is 15.6. The Bertz CT molecular complexity index is 1170. The Balaban J connectivity index is 1.76. The molecule has 0 spiro atoms. The molecule has 0 saturated heterocycles. The van der Waals surface area contributed by atoms with E-state index in [2.05, 4.69) is 46.7 Å². The van der Waals surface area contributed by atoms with E-state index >= 15 is 0 Å². The Morgan fingerprint density at radius 1 is 0.893 bits per heavy atom. The third-order valence-electron chi connectivity index (χ3n) is 4.52. The number of hydrazone groups is 1. The number of para-hydroxylation sites is 1. The summed E-state index contributed by atoms with van der Waals surface area (Å²) < 4.78 is 0. The van der Waals surface area contributed by atoms with Crippen LogP contribution < -0.4 is 5.43 Å². The second-order valence-electron chi connectivity index (χ2n) is 6.57. The third-order valence-corrected chi connectivity index (χ3v) is 4.85. The van der Waals surface area contributed by atoms with Crippen LogP contribution in [0.3, 0.4) is 0 Å². The van der Waals surface area contributed by atoms with Crippen LogP contribution >= 0.6 is 11.6 Å². The number of nitrogens with one attached hydrogen (secondary N) is 1. The van der Waals surface area contributed by atoms with Crippen molar-refractivity contribution in [1.29, 1.82) is 0 Å². The molecule has 3 aromatic carbocycles. The maximum Gasteiger partial charge on any atom is 0.163 e. The van der Waals surface area contributed by atoms with E-state index in [0.717, 1.165) is 27.7 Å². The van der Waals surface area contributed by atoms with Crippen molar-refractivity contribution in [1.82, 2.24) is 9.97 Å². The van der Waals surface area contributed by atoms with Gasteiger partial charge in [-0.3, -0.25) is 5.43 Å². The molecule has 1 aromatic heterocycles. The van der Waals surface area contributed by atoms with E-state index in [1.807, 2.05) is 55.5 Å². The molecule has 0 atom stereocenters. The van der Waals surface area contributed by atoms with Gasteiger partial charge in [0.15, 0.2) is 11.6 Å². The quantitative estimate of drug-likeness (QED) is 0.341. The summed E-state index contributed by atoms with van der Waals surface area (Å²) in [6, 6.07) is 23.7. The number of halogens is 1. The number of aryl methyl sites for hydroxylation is 1. The average molecular weight is 387 g/mol. The zero-order valence-corrected chi connectivity index (χ0v) is 16.4. The lowest BCUT2D eigenvalue weighted by Gasteiger charge is -2.10. The molecule has 0 fully saturated rings. The topological polar surface area (TPSA) is 50.2 Å². The Kier molecular flexibility index (Phi) is 5.04. The molecule has 0 saturated carbocycles. The lowest BCUT2D eigenvalue weighted by Crippen LogP contribution is -2.03. The van der Waals surface area contributed by atoms with Gasteiger partial charge in [0.1, 0.15) is 0 Å². The van der Waals surface area contributed by atoms with Gasteiger partial charge >= 0.3 is 0 Å². The van der Waals surface area contributed by atoms with Gasteiger partial charge < -0.3 is 0 Å². The van der Waals surface area contributed by atoms with Crippen LogP contribution in [0, 0.1) is 6.92 Å². The molecule has 4 nitrogen and oxygen atoms in total. The van der Waals surface area contributed by atoms with Gasteiger partial charge in [-0.25, -0.2) is 9.97 Å². The SMILES string of the molecule is C/C(=N/Nc1nc(-c2ccccc2Cl)nc2ccccc12)c1ccc(C)cc1. The summed E-state index contributed by atoms with van der Waals surface area (Å²) in [5.74, 6) is 1.21. The first-order chi connectivity index (χ1) is 13.6. The molecule has 0 bridgehead atoms. The number of aromatic nitrogens is 2. The lowest BCUT2D eigenvalue weighted by molar-refractivity contribution is 1.18. The van der Waals surface area contributed by atoms with E-state index in [4.69, 9.17) is 16.6 Å². The summed E-state index contributed by atoms with van der Waals surface area (Å²) in [6.45, 7) is 4.04. The minimum atomic E-state index is 0.565. The van der Waals surface area contributed by atoms with Crippen LogP contribution in [0.4, 0.5) is 5.82 Å². The number of fused-ring (bicyclic) bond motifs is 1. The molecule has 0 amide bonds. The molecule has 1 heterocycles. The third kappa shape index (κ3) is 3.73. The highest BCUT2D eigenvalue weighted by Gasteiger charge is 2.11. The van der Waals surface area contributed by atoms with Gasteiger partial charge in [0.25, 0.3) is 0 Å². The van der Waals surface area contributed by atoms with Gasteiger partial charge in [0.05, 0.1) is 16.3 Å². The molecular formula is C23H19ClN4. The second-order valence-corrected chi connectivity index (χ2v) is 6.98. The van der Waals surface area contributed by atoms with Crippen molar-refractivity contribution in [3.63, 3.8) is 0 Å². The van der Waals surface area contributed by atoms with Crippen molar-refractivity contribution in [2.45, 2.75) is 13.8 Å². The first kappa shape index (κ1) is 18.1. The highest BCUT2D eigenvalue weighted by molar-refractivity contribution is 6.33. The fourth-order valence-electron chi connectivity index (χ4n) is 2.92. The van der Waals surface area contributed by atoms with Crippen LogP contribution in [0.5, 0.6) is 0 Å². The van der Waals surface area contributed by atoms with Crippen LogP contribution in [-0.4, -0.2) is 15.7 Å². The summed E-state index contributed by atoms with van der Waals surface area (Å²) in [6.07, 6.45) is 0. The fraction of sp³-hybridized carbons (Fsp3) is 0.0870. The highest BCUT2D eigenvalue weighted by Crippen LogP contribution is 2.29. The molecule has 4 rings (SSSR count). The van der Waals surface area contributed by atoms with E-state index in [9.17, 15) is 0 Å². The van der Waals surface area contributed by atoms with Crippen molar-refractivity contribution in [2.75, 3.05) is 5.43 Å². The van der Waals surface area contributed by atoms with Crippen molar-refractivity contribution < 1.29 is 0 Å². The first-order valence-electron chi connectivity index (χ1n) is 9.01. The molecular weight excluding hydrogens is 368 g/mol. The predicted octanol–water partition coefficient (Wildman–Crippen LogP) is 6.09. The molecule has 0 unspecified atom stereocenters. The van der Waals surface area contributed by atoms with Gasteiger partial charge in [-0.2, -0.15) is 5.10 Å². The minimum absolute atomic E-state index is 0.565. The monoisotopic (exact) mass is 386 g/mol. The second kappa shape index (κ2) is 7.79. The smallest absolute Gasteiger partial charge is 0.163 e. The Morgan fingerprint density at radius 3 is 2.39 bits per heavy atom. The summed E-state index contributed by atoms with van der Waals surface area (Å²) >= 11 is 6.35. The molecule has 1 N–H and O–H groups in total. The van der Waals surface area contributed by atoms with Crippen LogP contribution in [0.15, 0.2) is 77.9 Å². The van der Waals surface area contributed by atoms with Crippen LogP contribution in [0.25, 0.3) is 22.3 Å². The summed E-state index contributed by atoms with van der Waals surface area (Å²) in [7, 11) is 0. The van der Waals surface area contributed by atoms with Gasteiger partial charge in [-0.05, 0) is 43.7 Å². The molecule has 0 aliphatic carbocycles. The highest BCUT2D eigenvalue weighted by atomic mass is 35.5. The molecule has 5 heteroatoms. The molecule has 0 radical (unpaired) electrons. The standard InChI is InChI=1S/C23H19ClN4/c1-15-11-13-17(14-12-15)16(2)27-28-23-19-8-4-6-10-21(19)25-22(26-23)18-7-3-5-9-20(18)24/h3-14H,1-2H3,(H,25,26,28)/b27-16-. The zero-order chi connectivity index (χ0) is 19.5. The van der Waals surface area contributed by atoms with Crippen LogP contribution in [0.1, 0.15) is 18.1 Å². The lowest BCUT2D eigenvalue weighted by atomic mass is 10.1.